The van der Waals surface area contributed by atoms with Crippen LogP contribution in [0.15, 0.2) is 64.4 Å². The van der Waals surface area contributed by atoms with Crippen molar-refractivity contribution < 1.29 is 9.21 Å². The number of nitrogens with zero attached hydrogens (tertiary/aromatic N) is 2. The van der Waals surface area contributed by atoms with Gasteiger partial charge in [0.05, 0.1) is 6.42 Å². The lowest BCUT2D eigenvalue weighted by Gasteiger charge is -2.09. The Labute approximate surface area is 179 Å². The van der Waals surface area contributed by atoms with Crippen molar-refractivity contribution >= 4 is 17.2 Å². The molecule has 30 heavy (non-hydrogen) atoms. The first-order valence-corrected chi connectivity index (χ1v) is 10.8. The molecule has 1 N–H and O–H groups in total. The zero-order valence-corrected chi connectivity index (χ0v) is 17.8. The summed E-state index contributed by atoms with van der Waals surface area (Å²) in [7, 11) is 0. The van der Waals surface area contributed by atoms with Gasteiger partial charge in [0.25, 0.3) is 0 Å². The van der Waals surface area contributed by atoms with E-state index in [4.69, 9.17) is 4.42 Å². The van der Waals surface area contributed by atoms with E-state index in [2.05, 4.69) is 58.1 Å². The smallest absolute Gasteiger partial charge is 0.247 e. The molecule has 0 unspecified atom stereocenters. The number of thiophene rings is 1. The largest absolute Gasteiger partial charge is 0.421 e. The number of aromatic nitrogens is 2. The Bertz CT molecular complexity index is 1130. The Morgan fingerprint density at radius 3 is 2.53 bits per heavy atom. The second-order valence-corrected chi connectivity index (χ2v) is 8.24. The van der Waals surface area contributed by atoms with Gasteiger partial charge in [0.15, 0.2) is 0 Å². The summed E-state index contributed by atoms with van der Waals surface area (Å²) in [5.41, 5.74) is 5.25. The predicted molar refractivity (Wildman–Crippen MR) is 119 cm³/mol. The Morgan fingerprint density at radius 2 is 1.83 bits per heavy atom. The van der Waals surface area contributed by atoms with Crippen molar-refractivity contribution in [2.24, 2.45) is 0 Å². The van der Waals surface area contributed by atoms with Crippen LogP contribution in [0, 0.1) is 13.8 Å². The van der Waals surface area contributed by atoms with Crippen molar-refractivity contribution in [3.05, 3.63) is 81.9 Å². The fourth-order valence-corrected chi connectivity index (χ4v) is 4.02. The van der Waals surface area contributed by atoms with Gasteiger partial charge in [0.2, 0.25) is 17.7 Å². The van der Waals surface area contributed by atoms with Crippen LogP contribution in [0.2, 0.25) is 0 Å². The second-order valence-electron chi connectivity index (χ2n) is 7.21. The quantitative estimate of drug-likeness (QED) is 0.460. The molecule has 0 saturated carbocycles. The van der Waals surface area contributed by atoms with Gasteiger partial charge in [-0.05, 0) is 59.2 Å². The van der Waals surface area contributed by atoms with Crippen molar-refractivity contribution in [2.75, 3.05) is 6.54 Å². The number of carbonyl (C=O) groups is 1. The lowest BCUT2D eigenvalue weighted by molar-refractivity contribution is -0.120. The molecule has 6 heteroatoms. The van der Waals surface area contributed by atoms with Crippen molar-refractivity contribution in [3.8, 4) is 22.6 Å². The molecule has 0 atom stereocenters. The average molecular weight is 418 g/mol. The molecule has 1 amide bonds. The fraction of sp³-hybridized carbons (Fsp3) is 0.208. The van der Waals surface area contributed by atoms with Gasteiger partial charge in [-0.25, -0.2) is 0 Å². The highest BCUT2D eigenvalue weighted by Crippen LogP contribution is 2.29. The molecule has 2 aromatic heterocycles. The lowest BCUT2D eigenvalue weighted by atomic mass is 9.96. The highest BCUT2D eigenvalue weighted by atomic mass is 32.1. The molecule has 5 nitrogen and oxygen atoms in total. The van der Waals surface area contributed by atoms with Crippen molar-refractivity contribution in [2.45, 2.75) is 26.7 Å². The van der Waals surface area contributed by atoms with E-state index in [1.165, 1.54) is 4.88 Å². The van der Waals surface area contributed by atoms with E-state index in [9.17, 15) is 4.79 Å². The van der Waals surface area contributed by atoms with Gasteiger partial charge in [0.1, 0.15) is 0 Å². The number of benzene rings is 2. The topological polar surface area (TPSA) is 68.0 Å². The van der Waals surface area contributed by atoms with Gasteiger partial charge in [-0.3, -0.25) is 4.79 Å². The van der Waals surface area contributed by atoms with Crippen molar-refractivity contribution in [1.29, 1.82) is 0 Å². The van der Waals surface area contributed by atoms with Crippen molar-refractivity contribution in [1.82, 2.24) is 15.5 Å². The molecule has 0 bridgehead atoms. The van der Waals surface area contributed by atoms with Gasteiger partial charge < -0.3 is 9.73 Å². The molecule has 4 rings (SSSR count). The molecule has 0 aliphatic heterocycles. The van der Waals surface area contributed by atoms with Gasteiger partial charge in [-0.2, -0.15) is 0 Å². The van der Waals surface area contributed by atoms with Crippen LogP contribution in [0.25, 0.3) is 22.6 Å². The van der Waals surface area contributed by atoms with Gasteiger partial charge >= 0.3 is 0 Å². The molecular weight excluding hydrogens is 394 g/mol. The molecule has 0 aliphatic rings. The third-order valence-corrected chi connectivity index (χ3v) is 5.85. The summed E-state index contributed by atoms with van der Waals surface area (Å²) in [4.78, 5) is 13.5. The lowest BCUT2D eigenvalue weighted by Crippen LogP contribution is -2.27. The SMILES string of the molecule is Cc1nnc(-c2ccc(C)c(-c3ccc(CC(=O)NCCc4cccs4)cc3)c2)o1. The Hall–Kier alpha value is -3.25. The molecule has 152 valence electrons. The molecule has 2 heterocycles. The maximum Gasteiger partial charge on any atom is 0.247 e. The van der Waals surface area contributed by atoms with E-state index in [0.717, 1.165) is 34.2 Å². The van der Waals surface area contributed by atoms with Gasteiger partial charge in [-0.1, -0.05) is 36.4 Å². The molecule has 0 radical (unpaired) electrons. The van der Waals surface area contributed by atoms with Crippen LogP contribution in [0.1, 0.15) is 21.9 Å². The standard InChI is InChI=1S/C24H23N3O2S/c1-16-5-8-20(24-27-26-17(2)29-24)15-22(16)19-9-6-18(7-10-19)14-23(28)25-12-11-21-4-3-13-30-21/h3-10,13,15H,11-12,14H2,1-2H3,(H,25,28). The summed E-state index contributed by atoms with van der Waals surface area (Å²) in [5, 5.41) is 13.1. The minimum Gasteiger partial charge on any atom is -0.421 e. The highest BCUT2D eigenvalue weighted by Gasteiger charge is 2.10. The first kappa shape index (κ1) is 20.0. The monoisotopic (exact) mass is 417 g/mol. The van der Waals surface area contributed by atoms with Crippen LogP contribution < -0.4 is 5.32 Å². The summed E-state index contributed by atoms with van der Waals surface area (Å²) in [6, 6.07) is 18.4. The molecule has 4 aromatic rings. The second kappa shape index (κ2) is 9.05. The van der Waals surface area contributed by atoms with Crippen molar-refractivity contribution in [3.63, 3.8) is 0 Å². The highest BCUT2D eigenvalue weighted by molar-refractivity contribution is 7.09. The average Bonchev–Trinajstić information content (AvgIpc) is 3.41. The van der Waals surface area contributed by atoms with Gasteiger partial charge in [-0.15, -0.1) is 21.5 Å². The number of nitrogens with one attached hydrogen (secondary N) is 1. The number of hydrogen-bond acceptors (Lipinski definition) is 5. The maximum atomic E-state index is 12.2. The first-order chi connectivity index (χ1) is 14.6. The number of hydrogen-bond donors (Lipinski definition) is 1. The van der Waals surface area contributed by atoms with Crippen LogP contribution in [0.4, 0.5) is 0 Å². The zero-order chi connectivity index (χ0) is 20.9. The van der Waals surface area contributed by atoms with E-state index in [0.29, 0.717) is 24.7 Å². The van der Waals surface area contributed by atoms with E-state index < -0.39 is 0 Å². The van der Waals surface area contributed by atoms with E-state index in [1.54, 1.807) is 18.3 Å². The summed E-state index contributed by atoms with van der Waals surface area (Å²) >= 11 is 1.72. The third-order valence-electron chi connectivity index (χ3n) is 4.91. The van der Waals surface area contributed by atoms with Crippen LogP contribution in [-0.4, -0.2) is 22.6 Å². The number of aryl methyl sites for hydroxylation is 2. The summed E-state index contributed by atoms with van der Waals surface area (Å²) in [5.74, 6) is 1.11. The summed E-state index contributed by atoms with van der Waals surface area (Å²) in [6.45, 7) is 4.52. The first-order valence-electron chi connectivity index (χ1n) is 9.88. The number of rotatable bonds is 7. The Balaban J connectivity index is 1.41. The van der Waals surface area contributed by atoms with E-state index in [1.807, 2.05) is 24.3 Å². The summed E-state index contributed by atoms with van der Waals surface area (Å²) < 4.78 is 5.55. The van der Waals surface area contributed by atoms with Crippen LogP contribution in [-0.2, 0) is 17.6 Å². The molecule has 0 spiro atoms. The minimum atomic E-state index is 0.0456. The van der Waals surface area contributed by atoms with Gasteiger partial charge in [0, 0.05) is 23.9 Å². The minimum absolute atomic E-state index is 0.0456. The number of amides is 1. The third kappa shape index (κ3) is 4.83. The van der Waals surface area contributed by atoms with Crippen LogP contribution in [0.3, 0.4) is 0 Å². The summed E-state index contributed by atoms with van der Waals surface area (Å²) in [6.07, 6.45) is 1.25. The molecule has 0 aliphatic carbocycles. The van der Waals surface area contributed by atoms with Crippen LogP contribution >= 0.6 is 11.3 Å². The zero-order valence-electron chi connectivity index (χ0n) is 17.0. The normalized spacial score (nSPS) is 10.9. The maximum absolute atomic E-state index is 12.2. The fourth-order valence-electron chi connectivity index (χ4n) is 3.31. The van der Waals surface area contributed by atoms with E-state index >= 15 is 0 Å². The Morgan fingerprint density at radius 1 is 1.03 bits per heavy atom. The molecule has 2 aromatic carbocycles. The predicted octanol–water partition coefficient (Wildman–Crippen LogP) is 4.98. The Kier molecular flexibility index (Phi) is 6.05. The van der Waals surface area contributed by atoms with E-state index in [-0.39, 0.29) is 5.91 Å². The number of carbonyl (C=O) groups excluding carboxylic acids is 1. The van der Waals surface area contributed by atoms with Crippen LogP contribution in [0.5, 0.6) is 0 Å². The molecular formula is C24H23N3O2S. The molecule has 0 saturated heterocycles. The molecule has 0 fully saturated rings.